The van der Waals surface area contributed by atoms with Crippen LogP contribution in [0.3, 0.4) is 0 Å². The molecular weight excluding hydrogens is 192 g/mol. The molecule has 1 heterocycles. The summed E-state index contributed by atoms with van der Waals surface area (Å²) < 4.78 is 0. The van der Waals surface area contributed by atoms with Gasteiger partial charge in [-0.3, -0.25) is 9.59 Å². The molecule has 2 aliphatic rings. The van der Waals surface area contributed by atoms with Gasteiger partial charge in [0.15, 0.2) is 0 Å². The molecule has 2 amide bonds. The molecule has 1 aliphatic carbocycles. The van der Waals surface area contributed by atoms with Gasteiger partial charge in [-0.2, -0.15) is 0 Å². The molecule has 0 aromatic rings. The van der Waals surface area contributed by atoms with Crippen molar-refractivity contribution in [2.45, 2.75) is 51.1 Å². The van der Waals surface area contributed by atoms with Crippen LogP contribution in [0.25, 0.3) is 0 Å². The zero-order chi connectivity index (χ0) is 11.1. The summed E-state index contributed by atoms with van der Waals surface area (Å²) in [4.78, 5) is 25.5. The summed E-state index contributed by atoms with van der Waals surface area (Å²) >= 11 is 0. The molecule has 15 heavy (non-hydrogen) atoms. The van der Waals surface area contributed by atoms with Gasteiger partial charge in [-0.25, -0.2) is 0 Å². The van der Waals surface area contributed by atoms with E-state index < -0.39 is 5.54 Å². The van der Waals surface area contributed by atoms with Crippen LogP contribution < -0.4 is 5.32 Å². The van der Waals surface area contributed by atoms with Crippen LogP contribution in [0, 0.1) is 0 Å². The first-order valence-corrected chi connectivity index (χ1v) is 5.67. The van der Waals surface area contributed by atoms with Gasteiger partial charge < -0.3 is 10.2 Å². The first kappa shape index (κ1) is 10.5. The van der Waals surface area contributed by atoms with Crippen LogP contribution in [0.1, 0.15) is 39.5 Å². The molecule has 2 fully saturated rings. The zero-order valence-electron chi connectivity index (χ0n) is 9.38. The van der Waals surface area contributed by atoms with Crippen LogP contribution >= 0.6 is 0 Å². The van der Waals surface area contributed by atoms with Crippen LogP contribution in [-0.4, -0.2) is 34.8 Å². The van der Waals surface area contributed by atoms with Crippen LogP contribution in [0.4, 0.5) is 0 Å². The topological polar surface area (TPSA) is 49.4 Å². The Morgan fingerprint density at radius 2 is 1.87 bits per heavy atom. The number of nitrogens with zero attached hydrogens (tertiary/aromatic N) is 1. The van der Waals surface area contributed by atoms with Crippen LogP contribution in [0.2, 0.25) is 0 Å². The number of hydrogen-bond donors (Lipinski definition) is 1. The Labute approximate surface area is 90.0 Å². The highest BCUT2D eigenvalue weighted by Gasteiger charge is 2.48. The number of rotatable bonds is 1. The van der Waals surface area contributed by atoms with E-state index in [-0.39, 0.29) is 24.4 Å². The van der Waals surface area contributed by atoms with Crippen molar-refractivity contribution in [1.29, 1.82) is 0 Å². The predicted molar refractivity (Wildman–Crippen MR) is 56.2 cm³/mol. The molecule has 0 atom stereocenters. The lowest BCUT2D eigenvalue weighted by Gasteiger charge is -2.41. The quantitative estimate of drug-likeness (QED) is 0.691. The van der Waals surface area contributed by atoms with E-state index in [1.54, 1.807) is 4.90 Å². The summed E-state index contributed by atoms with van der Waals surface area (Å²) in [6.07, 6.45) is 3.69. The molecule has 1 N–H and O–H groups in total. The molecule has 0 radical (unpaired) electrons. The minimum atomic E-state index is -0.556. The number of carbonyl (C=O) groups excluding carboxylic acids is 2. The van der Waals surface area contributed by atoms with E-state index in [0.717, 1.165) is 25.7 Å². The van der Waals surface area contributed by atoms with E-state index in [9.17, 15) is 9.59 Å². The van der Waals surface area contributed by atoms with Gasteiger partial charge in [0.05, 0.1) is 6.54 Å². The lowest BCUT2D eigenvalue weighted by Crippen LogP contribution is -2.66. The Kier molecular flexibility index (Phi) is 2.44. The highest BCUT2D eigenvalue weighted by molar-refractivity contribution is 5.98. The van der Waals surface area contributed by atoms with Crippen LogP contribution in [0.5, 0.6) is 0 Å². The normalized spacial score (nSPS) is 25.1. The molecule has 0 bridgehead atoms. The van der Waals surface area contributed by atoms with Gasteiger partial charge in [0.25, 0.3) is 0 Å². The highest BCUT2D eigenvalue weighted by atomic mass is 16.2. The molecule has 84 valence electrons. The van der Waals surface area contributed by atoms with Crippen molar-refractivity contribution >= 4 is 11.8 Å². The minimum Gasteiger partial charge on any atom is -0.340 e. The van der Waals surface area contributed by atoms with Gasteiger partial charge in [-0.1, -0.05) is 12.8 Å². The average molecular weight is 210 g/mol. The Balaban J connectivity index is 2.25. The summed E-state index contributed by atoms with van der Waals surface area (Å²) in [5.41, 5.74) is -0.556. The van der Waals surface area contributed by atoms with Crippen LogP contribution in [-0.2, 0) is 9.59 Å². The summed E-state index contributed by atoms with van der Waals surface area (Å²) in [6.45, 7) is 4.14. The summed E-state index contributed by atoms with van der Waals surface area (Å²) in [5, 5.41) is 2.90. The second-order valence-electron chi connectivity index (χ2n) is 4.86. The molecule has 0 unspecified atom stereocenters. The summed E-state index contributed by atoms with van der Waals surface area (Å²) in [7, 11) is 0. The maximum atomic E-state index is 12.2. The van der Waals surface area contributed by atoms with Gasteiger partial charge >= 0.3 is 0 Å². The van der Waals surface area contributed by atoms with E-state index in [2.05, 4.69) is 5.32 Å². The molecule has 1 saturated carbocycles. The van der Waals surface area contributed by atoms with Crippen LogP contribution in [0.15, 0.2) is 0 Å². The molecule has 1 saturated heterocycles. The smallest absolute Gasteiger partial charge is 0.249 e. The lowest BCUT2D eigenvalue weighted by molar-refractivity contribution is -0.151. The molecule has 1 aliphatic heterocycles. The fraction of sp³-hybridized carbons (Fsp3) is 0.818. The lowest BCUT2D eigenvalue weighted by atomic mass is 9.92. The van der Waals surface area contributed by atoms with Crippen molar-refractivity contribution in [2.24, 2.45) is 0 Å². The van der Waals surface area contributed by atoms with Crippen molar-refractivity contribution in [3.63, 3.8) is 0 Å². The number of hydrogen-bond acceptors (Lipinski definition) is 2. The Morgan fingerprint density at radius 3 is 2.40 bits per heavy atom. The van der Waals surface area contributed by atoms with E-state index in [1.165, 1.54) is 0 Å². The fourth-order valence-electron chi connectivity index (χ4n) is 2.60. The third-order valence-electron chi connectivity index (χ3n) is 3.44. The largest absolute Gasteiger partial charge is 0.340 e. The van der Waals surface area contributed by atoms with Gasteiger partial charge in [0, 0.05) is 6.04 Å². The van der Waals surface area contributed by atoms with Gasteiger partial charge in [-0.05, 0) is 26.7 Å². The molecule has 0 aromatic carbocycles. The number of piperazine rings is 1. The number of carbonyl (C=O) groups is 2. The van der Waals surface area contributed by atoms with Crippen molar-refractivity contribution < 1.29 is 9.59 Å². The second-order valence-corrected chi connectivity index (χ2v) is 4.86. The van der Waals surface area contributed by atoms with E-state index in [0.29, 0.717) is 0 Å². The number of nitrogens with one attached hydrogen (secondary N) is 1. The Morgan fingerprint density at radius 1 is 1.27 bits per heavy atom. The van der Waals surface area contributed by atoms with Gasteiger partial charge in [0.2, 0.25) is 11.8 Å². The fourth-order valence-corrected chi connectivity index (χ4v) is 2.60. The van der Waals surface area contributed by atoms with Crippen molar-refractivity contribution in [1.82, 2.24) is 10.2 Å². The molecule has 4 heteroatoms. The second kappa shape index (κ2) is 3.51. The Hall–Kier alpha value is -1.06. The third kappa shape index (κ3) is 1.62. The van der Waals surface area contributed by atoms with E-state index >= 15 is 0 Å². The molecule has 2 rings (SSSR count). The molecule has 4 nitrogen and oxygen atoms in total. The maximum Gasteiger partial charge on any atom is 0.249 e. The minimum absolute atomic E-state index is 0.00907. The van der Waals surface area contributed by atoms with Gasteiger partial charge in [0.1, 0.15) is 5.54 Å². The Bertz CT molecular complexity index is 293. The third-order valence-corrected chi connectivity index (χ3v) is 3.44. The van der Waals surface area contributed by atoms with Crippen molar-refractivity contribution in [3.8, 4) is 0 Å². The number of amides is 2. The SMILES string of the molecule is CC(C)N1CC(=O)NC2(CCCC2)C1=O. The molecule has 1 spiro atoms. The molecular formula is C11H18N2O2. The summed E-state index contributed by atoms with van der Waals surface area (Å²) in [6, 6.07) is 0.112. The molecule has 0 aromatic heterocycles. The average Bonchev–Trinajstić information content (AvgIpc) is 2.60. The highest BCUT2D eigenvalue weighted by Crippen LogP contribution is 2.33. The zero-order valence-corrected chi connectivity index (χ0v) is 9.38. The van der Waals surface area contributed by atoms with Crippen molar-refractivity contribution in [3.05, 3.63) is 0 Å². The first-order valence-electron chi connectivity index (χ1n) is 5.67. The van der Waals surface area contributed by atoms with Crippen molar-refractivity contribution in [2.75, 3.05) is 6.54 Å². The van der Waals surface area contributed by atoms with E-state index in [4.69, 9.17) is 0 Å². The predicted octanol–water partition coefficient (Wildman–Crippen LogP) is 0.666. The first-order chi connectivity index (χ1) is 7.05. The van der Waals surface area contributed by atoms with E-state index in [1.807, 2.05) is 13.8 Å². The monoisotopic (exact) mass is 210 g/mol. The van der Waals surface area contributed by atoms with Gasteiger partial charge in [-0.15, -0.1) is 0 Å². The standard InChI is InChI=1S/C11H18N2O2/c1-8(2)13-7-9(14)12-11(10(13)15)5-3-4-6-11/h8H,3-7H2,1-2H3,(H,12,14). The summed E-state index contributed by atoms with van der Waals surface area (Å²) in [5.74, 6) is 0.111. The maximum absolute atomic E-state index is 12.2.